The van der Waals surface area contributed by atoms with Gasteiger partial charge in [-0.3, -0.25) is 0 Å². The highest BCUT2D eigenvalue weighted by Crippen LogP contribution is 2.39. The van der Waals surface area contributed by atoms with Gasteiger partial charge in [-0.2, -0.15) is 0 Å². The monoisotopic (exact) mass is 627 g/mol. The molecule has 1 atom stereocenters. The van der Waals surface area contributed by atoms with Crippen LogP contribution in [0.2, 0.25) is 0 Å². The Morgan fingerprint density at radius 3 is 1.71 bits per heavy atom. The highest BCUT2D eigenvalue weighted by atomic mass is 15.0. The first kappa shape index (κ1) is 29.0. The maximum absolute atomic E-state index is 5.12. The van der Waals surface area contributed by atoms with Crippen molar-refractivity contribution in [3.05, 3.63) is 170 Å². The lowest BCUT2D eigenvalue weighted by Crippen LogP contribution is -2.06. The standard InChI is InChI=1S/C46H33N3/c1-30-13-11-18-35(27-30)45-47-44(31-14-3-2-4-15-31)48-46(49-45)42-24-10-5-19-36(42)34-17-12-16-32(28-34)33-25-26-41-39-22-7-6-20-37(39)38-21-8-9-23-40(38)43(41)29-33/h2-26,28-30H,27H2,1H3. The van der Waals surface area contributed by atoms with Crippen LogP contribution in [-0.2, 0) is 0 Å². The van der Waals surface area contributed by atoms with Gasteiger partial charge in [0.05, 0.1) is 0 Å². The average molecular weight is 628 g/mol. The van der Waals surface area contributed by atoms with Crippen LogP contribution in [0, 0.1) is 5.92 Å². The van der Waals surface area contributed by atoms with Gasteiger partial charge in [0, 0.05) is 11.1 Å². The summed E-state index contributed by atoms with van der Waals surface area (Å²) in [6.07, 6.45) is 7.38. The lowest BCUT2D eigenvalue weighted by Gasteiger charge is -2.16. The van der Waals surface area contributed by atoms with Crippen LogP contribution < -0.4 is 0 Å². The van der Waals surface area contributed by atoms with E-state index >= 15 is 0 Å². The fraction of sp³-hybridized carbons (Fsp3) is 0.0652. The van der Waals surface area contributed by atoms with Crippen molar-refractivity contribution in [2.45, 2.75) is 13.3 Å². The number of fused-ring (bicyclic) bond motifs is 6. The largest absolute Gasteiger partial charge is 0.209 e. The van der Waals surface area contributed by atoms with Gasteiger partial charge in [-0.15, -0.1) is 0 Å². The predicted octanol–water partition coefficient (Wildman–Crippen LogP) is 12.0. The summed E-state index contributed by atoms with van der Waals surface area (Å²) in [5.74, 6) is 2.53. The molecule has 9 rings (SSSR count). The summed E-state index contributed by atoms with van der Waals surface area (Å²) in [5.41, 5.74) is 7.65. The topological polar surface area (TPSA) is 38.7 Å². The third-order valence-electron chi connectivity index (χ3n) is 9.65. The fourth-order valence-electron chi connectivity index (χ4n) is 7.25. The van der Waals surface area contributed by atoms with Crippen molar-refractivity contribution < 1.29 is 0 Å². The van der Waals surface area contributed by atoms with Crippen molar-refractivity contribution in [3.63, 3.8) is 0 Å². The van der Waals surface area contributed by atoms with Gasteiger partial charge < -0.3 is 0 Å². The van der Waals surface area contributed by atoms with E-state index in [0.717, 1.165) is 40.1 Å². The molecule has 0 fully saturated rings. The van der Waals surface area contributed by atoms with E-state index < -0.39 is 0 Å². The van der Waals surface area contributed by atoms with Crippen molar-refractivity contribution in [1.29, 1.82) is 0 Å². The Balaban J connectivity index is 1.18. The van der Waals surface area contributed by atoms with Crippen LogP contribution in [0.1, 0.15) is 19.2 Å². The summed E-state index contributed by atoms with van der Waals surface area (Å²) in [6.45, 7) is 2.23. The first-order valence-corrected chi connectivity index (χ1v) is 16.9. The van der Waals surface area contributed by atoms with Gasteiger partial charge >= 0.3 is 0 Å². The maximum atomic E-state index is 5.12. The normalized spacial score (nSPS) is 14.4. The van der Waals surface area contributed by atoms with Crippen LogP contribution in [-0.4, -0.2) is 15.0 Å². The third kappa shape index (κ3) is 5.30. The number of benzene rings is 7. The molecular weight excluding hydrogens is 595 g/mol. The van der Waals surface area contributed by atoms with Gasteiger partial charge in [0.15, 0.2) is 17.5 Å². The Hall–Kier alpha value is -6.19. The molecule has 0 aliphatic heterocycles. The molecule has 49 heavy (non-hydrogen) atoms. The van der Waals surface area contributed by atoms with Crippen molar-refractivity contribution in [1.82, 2.24) is 15.0 Å². The molecule has 232 valence electrons. The molecule has 3 nitrogen and oxygen atoms in total. The second-order valence-corrected chi connectivity index (χ2v) is 12.9. The second kappa shape index (κ2) is 12.1. The number of hydrogen-bond acceptors (Lipinski definition) is 3. The second-order valence-electron chi connectivity index (χ2n) is 12.9. The molecule has 1 aliphatic rings. The SMILES string of the molecule is CC1C=CC=C(c2nc(-c3ccccc3)nc(-c3ccccc3-c3cccc(-c4ccc5c6ccccc6c6ccccc6c5c4)c3)n2)C1. The van der Waals surface area contributed by atoms with E-state index in [1.807, 2.05) is 18.2 Å². The molecule has 1 aromatic heterocycles. The molecule has 1 heterocycles. The van der Waals surface area contributed by atoms with Crippen molar-refractivity contribution in [2.24, 2.45) is 5.92 Å². The lowest BCUT2D eigenvalue weighted by molar-refractivity contribution is 0.742. The quantitative estimate of drug-likeness (QED) is 0.178. The van der Waals surface area contributed by atoms with E-state index in [9.17, 15) is 0 Å². The molecule has 1 aliphatic carbocycles. The Morgan fingerprint density at radius 1 is 0.429 bits per heavy atom. The molecule has 8 aromatic rings. The Morgan fingerprint density at radius 2 is 0.980 bits per heavy atom. The molecule has 0 bridgehead atoms. The van der Waals surface area contributed by atoms with Gasteiger partial charge in [0.25, 0.3) is 0 Å². The number of aromatic nitrogens is 3. The van der Waals surface area contributed by atoms with Crippen molar-refractivity contribution in [2.75, 3.05) is 0 Å². The van der Waals surface area contributed by atoms with E-state index in [1.165, 1.54) is 43.4 Å². The predicted molar refractivity (Wildman–Crippen MR) is 205 cm³/mol. The summed E-state index contributed by atoms with van der Waals surface area (Å²) < 4.78 is 0. The molecule has 0 amide bonds. The van der Waals surface area contributed by atoms with Crippen LogP contribution in [0.15, 0.2) is 164 Å². The lowest BCUT2D eigenvalue weighted by atomic mass is 9.91. The zero-order valence-corrected chi connectivity index (χ0v) is 27.2. The molecule has 0 radical (unpaired) electrons. The van der Waals surface area contributed by atoms with E-state index in [0.29, 0.717) is 17.6 Å². The van der Waals surface area contributed by atoms with Gasteiger partial charge in [0.1, 0.15) is 0 Å². The van der Waals surface area contributed by atoms with Crippen molar-refractivity contribution in [3.8, 4) is 45.0 Å². The fourth-order valence-corrected chi connectivity index (χ4v) is 7.25. The first-order chi connectivity index (χ1) is 24.2. The van der Waals surface area contributed by atoms with E-state index in [-0.39, 0.29) is 0 Å². The minimum Gasteiger partial charge on any atom is -0.209 e. The van der Waals surface area contributed by atoms with E-state index in [2.05, 4.69) is 153 Å². The summed E-state index contributed by atoms with van der Waals surface area (Å²) in [4.78, 5) is 15.2. The molecule has 0 saturated carbocycles. The summed E-state index contributed by atoms with van der Waals surface area (Å²) in [6, 6.07) is 51.9. The number of allylic oxidation sites excluding steroid dienone is 4. The number of hydrogen-bond donors (Lipinski definition) is 0. The molecule has 0 N–H and O–H groups in total. The summed E-state index contributed by atoms with van der Waals surface area (Å²) in [7, 11) is 0. The van der Waals surface area contributed by atoms with Crippen LogP contribution in [0.5, 0.6) is 0 Å². The smallest absolute Gasteiger partial charge is 0.164 e. The Bertz CT molecular complexity index is 2560. The summed E-state index contributed by atoms with van der Waals surface area (Å²) in [5, 5.41) is 7.68. The van der Waals surface area contributed by atoms with Crippen LogP contribution >= 0.6 is 0 Å². The van der Waals surface area contributed by atoms with Gasteiger partial charge in [-0.05, 0) is 84.6 Å². The minimum atomic E-state index is 0.433. The average Bonchev–Trinajstić information content (AvgIpc) is 3.18. The highest BCUT2D eigenvalue weighted by molar-refractivity contribution is 6.25. The van der Waals surface area contributed by atoms with Crippen LogP contribution in [0.3, 0.4) is 0 Å². The third-order valence-corrected chi connectivity index (χ3v) is 9.65. The molecular formula is C46H33N3. The maximum Gasteiger partial charge on any atom is 0.164 e. The van der Waals surface area contributed by atoms with E-state index in [4.69, 9.17) is 15.0 Å². The molecule has 0 saturated heterocycles. The van der Waals surface area contributed by atoms with Crippen LogP contribution in [0.4, 0.5) is 0 Å². The molecule has 3 heteroatoms. The van der Waals surface area contributed by atoms with Gasteiger partial charge in [-0.1, -0.05) is 159 Å². The number of rotatable bonds is 5. The van der Waals surface area contributed by atoms with Gasteiger partial charge in [0.2, 0.25) is 0 Å². The zero-order chi connectivity index (χ0) is 32.7. The summed E-state index contributed by atoms with van der Waals surface area (Å²) >= 11 is 0. The number of nitrogens with zero attached hydrogens (tertiary/aromatic N) is 3. The van der Waals surface area contributed by atoms with E-state index in [1.54, 1.807) is 0 Å². The van der Waals surface area contributed by atoms with Crippen molar-refractivity contribution >= 4 is 37.9 Å². The molecule has 7 aromatic carbocycles. The Kier molecular flexibility index (Phi) is 7.17. The highest BCUT2D eigenvalue weighted by Gasteiger charge is 2.19. The minimum absolute atomic E-state index is 0.433. The van der Waals surface area contributed by atoms with Crippen LogP contribution in [0.25, 0.3) is 82.9 Å². The molecule has 0 spiro atoms. The zero-order valence-electron chi connectivity index (χ0n) is 27.2. The first-order valence-electron chi connectivity index (χ1n) is 16.9. The van der Waals surface area contributed by atoms with Gasteiger partial charge in [-0.25, -0.2) is 15.0 Å². The molecule has 1 unspecified atom stereocenters. The Labute approximate surface area is 286 Å².